The van der Waals surface area contributed by atoms with Crippen molar-refractivity contribution >= 4 is 23.1 Å². The van der Waals surface area contributed by atoms with Crippen molar-refractivity contribution in [2.45, 2.75) is 18.9 Å². The smallest absolute Gasteiger partial charge is 0.262 e. The van der Waals surface area contributed by atoms with Gasteiger partial charge in [0.1, 0.15) is 5.82 Å². The molecule has 1 fully saturated rings. The number of aromatic nitrogens is 1. The highest BCUT2D eigenvalue weighted by molar-refractivity contribution is 6.10. The third kappa shape index (κ3) is 3.44. The Morgan fingerprint density at radius 3 is 2.69 bits per heavy atom. The van der Waals surface area contributed by atoms with Crippen molar-refractivity contribution in [3.8, 4) is 0 Å². The fraction of sp³-hybridized carbons (Fsp3) is 0.250. The zero-order valence-electron chi connectivity index (χ0n) is 16.3. The van der Waals surface area contributed by atoms with Crippen LogP contribution in [0.2, 0.25) is 0 Å². The van der Waals surface area contributed by atoms with E-state index in [2.05, 4.69) is 33.4 Å². The summed E-state index contributed by atoms with van der Waals surface area (Å²) in [7, 11) is 0. The first-order chi connectivity index (χ1) is 14.3. The van der Waals surface area contributed by atoms with Crippen molar-refractivity contribution in [2.24, 2.45) is 0 Å². The highest BCUT2D eigenvalue weighted by Crippen LogP contribution is 2.31. The standard InChI is InChI=1S/C24H24N4O/c29-24(28-16-12-18-7-4-5-11-22(18)28)21-10-6-14-25-23(21)27-15-13-20(17-27)26-19-8-2-1-3-9-19/h1-11,14,20,26H,12-13,15-17H2/t20-/m0/s1. The van der Waals surface area contributed by atoms with Gasteiger partial charge in [0.15, 0.2) is 0 Å². The molecule has 146 valence electrons. The molecule has 0 bridgehead atoms. The number of nitrogens with zero attached hydrogens (tertiary/aromatic N) is 3. The van der Waals surface area contributed by atoms with Crippen LogP contribution in [0, 0.1) is 0 Å². The minimum Gasteiger partial charge on any atom is -0.380 e. The molecule has 0 radical (unpaired) electrons. The SMILES string of the molecule is O=C(c1cccnc1N1CC[C@H](Nc2ccccc2)C1)N1CCc2ccccc21. The summed E-state index contributed by atoms with van der Waals surface area (Å²) >= 11 is 0. The van der Waals surface area contributed by atoms with Crippen molar-refractivity contribution in [1.82, 2.24) is 4.98 Å². The lowest BCUT2D eigenvalue weighted by atomic mass is 10.1. The Labute approximate surface area is 171 Å². The molecule has 1 saturated heterocycles. The number of rotatable bonds is 4. The minimum atomic E-state index is 0.0394. The predicted octanol–water partition coefficient (Wildman–Crippen LogP) is 3.98. The van der Waals surface area contributed by atoms with Crippen LogP contribution >= 0.6 is 0 Å². The van der Waals surface area contributed by atoms with E-state index in [0.717, 1.165) is 49.7 Å². The van der Waals surface area contributed by atoms with Crippen molar-refractivity contribution in [3.63, 3.8) is 0 Å². The van der Waals surface area contributed by atoms with Crippen molar-refractivity contribution < 1.29 is 4.79 Å². The zero-order chi connectivity index (χ0) is 19.6. The van der Waals surface area contributed by atoms with E-state index < -0.39 is 0 Å². The Kier molecular flexibility index (Phi) is 4.64. The van der Waals surface area contributed by atoms with Gasteiger partial charge in [0, 0.05) is 43.2 Å². The largest absolute Gasteiger partial charge is 0.380 e. The Hall–Kier alpha value is -3.34. The van der Waals surface area contributed by atoms with Gasteiger partial charge in [0.25, 0.3) is 5.91 Å². The van der Waals surface area contributed by atoms with Crippen LogP contribution in [0.3, 0.4) is 0 Å². The van der Waals surface area contributed by atoms with Crippen LogP contribution in [0.4, 0.5) is 17.2 Å². The normalized spacial score (nSPS) is 18.0. The molecule has 0 saturated carbocycles. The maximum atomic E-state index is 13.4. The Bertz CT molecular complexity index is 1020. The van der Waals surface area contributed by atoms with Gasteiger partial charge in [-0.15, -0.1) is 0 Å². The van der Waals surface area contributed by atoms with E-state index in [0.29, 0.717) is 11.6 Å². The summed E-state index contributed by atoms with van der Waals surface area (Å²) in [5, 5.41) is 3.59. The molecular weight excluding hydrogens is 360 g/mol. The summed E-state index contributed by atoms with van der Waals surface area (Å²) in [6, 6.07) is 22.5. The fourth-order valence-corrected chi connectivity index (χ4v) is 4.35. The van der Waals surface area contributed by atoms with Crippen LogP contribution in [0.5, 0.6) is 0 Å². The average Bonchev–Trinajstić information content (AvgIpc) is 3.41. The van der Waals surface area contributed by atoms with Gasteiger partial charge in [-0.05, 0) is 48.7 Å². The third-order valence-electron chi connectivity index (χ3n) is 5.78. The highest BCUT2D eigenvalue weighted by Gasteiger charge is 2.31. The number of amides is 1. The van der Waals surface area contributed by atoms with Gasteiger partial charge in [-0.2, -0.15) is 0 Å². The summed E-state index contributed by atoms with van der Waals surface area (Å²) in [6.07, 6.45) is 3.71. The maximum Gasteiger partial charge on any atom is 0.262 e. The lowest BCUT2D eigenvalue weighted by molar-refractivity contribution is 0.0989. The molecule has 1 amide bonds. The molecule has 0 unspecified atom stereocenters. The highest BCUT2D eigenvalue weighted by atomic mass is 16.2. The summed E-state index contributed by atoms with van der Waals surface area (Å²) in [6.45, 7) is 2.45. The number of hydrogen-bond acceptors (Lipinski definition) is 4. The summed E-state index contributed by atoms with van der Waals surface area (Å²) in [5.74, 6) is 0.830. The first-order valence-electron chi connectivity index (χ1n) is 10.2. The Morgan fingerprint density at radius 2 is 1.79 bits per heavy atom. The van der Waals surface area contributed by atoms with E-state index in [4.69, 9.17) is 0 Å². The molecule has 3 heterocycles. The van der Waals surface area contributed by atoms with E-state index in [9.17, 15) is 4.79 Å². The molecule has 5 nitrogen and oxygen atoms in total. The monoisotopic (exact) mass is 384 g/mol. The van der Waals surface area contributed by atoms with Gasteiger partial charge in [-0.3, -0.25) is 4.79 Å². The number of benzene rings is 2. The molecule has 2 aliphatic rings. The number of carbonyl (C=O) groups is 1. The van der Waals surface area contributed by atoms with Gasteiger partial charge in [0.05, 0.1) is 5.56 Å². The molecule has 29 heavy (non-hydrogen) atoms. The lowest BCUT2D eigenvalue weighted by Gasteiger charge is -2.23. The number of nitrogens with one attached hydrogen (secondary N) is 1. The number of anilines is 3. The molecule has 0 spiro atoms. The van der Waals surface area contributed by atoms with Gasteiger partial charge in [0.2, 0.25) is 0 Å². The second kappa shape index (κ2) is 7.59. The second-order valence-electron chi connectivity index (χ2n) is 7.65. The van der Waals surface area contributed by atoms with E-state index in [1.807, 2.05) is 53.4 Å². The molecule has 2 aromatic carbocycles. The third-order valence-corrected chi connectivity index (χ3v) is 5.78. The second-order valence-corrected chi connectivity index (χ2v) is 7.65. The number of pyridine rings is 1. The van der Waals surface area contributed by atoms with Gasteiger partial charge < -0.3 is 15.1 Å². The van der Waals surface area contributed by atoms with Crippen LogP contribution < -0.4 is 15.1 Å². The van der Waals surface area contributed by atoms with E-state index in [1.165, 1.54) is 5.56 Å². The molecule has 5 heteroatoms. The molecular formula is C24H24N4O. The zero-order valence-corrected chi connectivity index (χ0v) is 16.3. The van der Waals surface area contributed by atoms with Crippen LogP contribution in [0.15, 0.2) is 72.9 Å². The number of fused-ring (bicyclic) bond motifs is 1. The summed E-state index contributed by atoms with van der Waals surface area (Å²) in [4.78, 5) is 22.1. The predicted molar refractivity (Wildman–Crippen MR) is 117 cm³/mol. The molecule has 2 aliphatic heterocycles. The number of hydrogen-bond donors (Lipinski definition) is 1. The molecule has 5 rings (SSSR count). The minimum absolute atomic E-state index is 0.0394. The Balaban J connectivity index is 1.36. The van der Waals surface area contributed by atoms with E-state index >= 15 is 0 Å². The maximum absolute atomic E-state index is 13.4. The first-order valence-corrected chi connectivity index (χ1v) is 10.2. The quantitative estimate of drug-likeness (QED) is 0.739. The topological polar surface area (TPSA) is 48.5 Å². The van der Waals surface area contributed by atoms with Crippen LogP contribution in [0.25, 0.3) is 0 Å². The van der Waals surface area contributed by atoms with Crippen LogP contribution in [0.1, 0.15) is 22.3 Å². The Morgan fingerprint density at radius 1 is 0.966 bits per heavy atom. The van der Waals surface area contributed by atoms with Crippen molar-refractivity contribution in [3.05, 3.63) is 84.1 Å². The van der Waals surface area contributed by atoms with Crippen LogP contribution in [-0.2, 0) is 6.42 Å². The summed E-state index contributed by atoms with van der Waals surface area (Å²) < 4.78 is 0. The van der Waals surface area contributed by atoms with Gasteiger partial charge in [-0.25, -0.2) is 4.98 Å². The summed E-state index contributed by atoms with van der Waals surface area (Å²) in [5.41, 5.74) is 4.08. The lowest BCUT2D eigenvalue weighted by Crippen LogP contribution is -2.32. The van der Waals surface area contributed by atoms with Crippen molar-refractivity contribution in [2.75, 3.05) is 34.8 Å². The molecule has 1 aromatic heterocycles. The first kappa shape index (κ1) is 17.7. The van der Waals surface area contributed by atoms with Gasteiger partial charge in [-0.1, -0.05) is 36.4 Å². The molecule has 1 atom stereocenters. The van der Waals surface area contributed by atoms with Crippen LogP contribution in [-0.4, -0.2) is 36.6 Å². The number of para-hydroxylation sites is 2. The fourth-order valence-electron chi connectivity index (χ4n) is 4.35. The van der Waals surface area contributed by atoms with Crippen molar-refractivity contribution in [1.29, 1.82) is 0 Å². The number of carbonyl (C=O) groups excluding carboxylic acids is 1. The van der Waals surface area contributed by atoms with Gasteiger partial charge >= 0.3 is 0 Å². The average molecular weight is 384 g/mol. The molecule has 0 aliphatic carbocycles. The van der Waals surface area contributed by atoms with E-state index in [-0.39, 0.29) is 5.91 Å². The molecule has 3 aromatic rings. The molecule has 1 N–H and O–H groups in total. The van der Waals surface area contributed by atoms with E-state index in [1.54, 1.807) is 6.20 Å².